The van der Waals surface area contributed by atoms with Crippen molar-refractivity contribution >= 4 is 64.3 Å². The first-order valence-electron chi connectivity index (χ1n) is 18.6. The van der Waals surface area contributed by atoms with Crippen molar-refractivity contribution in [3.8, 4) is 33.9 Å². The molecule has 0 aliphatic heterocycles. The summed E-state index contributed by atoms with van der Waals surface area (Å²) < 4.78 is 7.47. The normalized spacial score (nSPS) is 12.1. The minimum absolute atomic E-state index is 0.294. The summed E-state index contributed by atoms with van der Waals surface area (Å²) in [7, 11) is 0. The molecule has 256 valence electrons. The van der Waals surface area contributed by atoms with Gasteiger partial charge in [-0.05, 0) is 88.7 Å². The van der Waals surface area contributed by atoms with Gasteiger partial charge >= 0.3 is 0 Å². The van der Waals surface area contributed by atoms with Crippen molar-refractivity contribution in [3.63, 3.8) is 0 Å². The lowest BCUT2D eigenvalue weighted by atomic mass is 9.88. The van der Waals surface area contributed by atoms with Crippen LogP contribution in [0.5, 0.6) is 0 Å². The number of aromatic nitrogens is 3. The molecule has 0 spiro atoms. The van der Waals surface area contributed by atoms with Gasteiger partial charge in [0.2, 0.25) is 0 Å². The molecule has 3 aromatic heterocycles. The second-order valence-electron chi connectivity index (χ2n) is 14.7. The van der Waals surface area contributed by atoms with Gasteiger partial charge in [0, 0.05) is 36.5 Å². The summed E-state index contributed by atoms with van der Waals surface area (Å²) >= 11 is 1.87. The predicted octanol–water partition coefficient (Wildman–Crippen LogP) is 14.1. The van der Waals surface area contributed by atoms with Gasteiger partial charge in [-0.1, -0.05) is 125 Å². The van der Waals surface area contributed by atoms with E-state index in [-0.39, 0.29) is 0 Å². The zero-order valence-electron chi connectivity index (χ0n) is 30.3. The van der Waals surface area contributed by atoms with Crippen molar-refractivity contribution < 1.29 is 0 Å². The molecule has 0 aliphatic rings. The fraction of sp³-hybridized carbons (Fsp3) is 0.122. The van der Waals surface area contributed by atoms with Crippen molar-refractivity contribution in [2.75, 3.05) is 0 Å². The van der Waals surface area contributed by atoms with Gasteiger partial charge in [0.15, 0.2) is 0 Å². The molecule has 0 bridgehead atoms. The van der Waals surface area contributed by atoms with Gasteiger partial charge in [-0.2, -0.15) is 0 Å². The third kappa shape index (κ3) is 4.89. The first kappa shape index (κ1) is 31.7. The summed E-state index contributed by atoms with van der Waals surface area (Å²) in [5, 5.41) is 5.07. The van der Waals surface area contributed by atoms with Crippen molar-refractivity contribution in [1.29, 1.82) is 0 Å². The average molecular weight is 702 g/mol. The quantitative estimate of drug-likeness (QED) is 0.169. The number of thiophene rings is 1. The molecule has 53 heavy (non-hydrogen) atoms. The summed E-state index contributed by atoms with van der Waals surface area (Å²) in [6.07, 6.45) is 0. The molecule has 0 saturated heterocycles. The molecule has 0 saturated carbocycles. The third-order valence-corrected chi connectivity index (χ3v) is 12.1. The monoisotopic (exact) mass is 701 g/mol. The lowest BCUT2D eigenvalue weighted by Gasteiger charge is -2.24. The van der Waals surface area contributed by atoms with Crippen molar-refractivity contribution in [2.24, 2.45) is 0 Å². The van der Waals surface area contributed by atoms with Gasteiger partial charge in [-0.3, -0.25) is 4.57 Å². The highest BCUT2D eigenvalue weighted by molar-refractivity contribution is 7.26. The van der Waals surface area contributed by atoms with Crippen molar-refractivity contribution in [3.05, 3.63) is 163 Å². The first-order valence-corrected chi connectivity index (χ1v) is 19.4. The molecule has 0 unspecified atom stereocenters. The van der Waals surface area contributed by atoms with Crippen LogP contribution in [0.2, 0.25) is 0 Å². The number of hydrogen-bond acceptors (Lipinski definition) is 2. The number of benzene rings is 7. The number of para-hydroxylation sites is 4. The van der Waals surface area contributed by atoms with Crippen LogP contribution in [0.3, 0.4) is 0 Å². The maximum atomic E-state index is 5.52. The Morgan fingerprint density at radius 2 is 1.08 bits per heavy atom. The summed E-state index contributed by atoms with van der Waals surface area (Å²) in [6, 6.07) is 55.4. The van der Waals surface area contributed by atoms with E-state index >= 15 is 0 Å². The Morgan fingerprint density at radius 3 is 1.74 bits per heavy atom. The van der Waals surface area contributed by atoms with Crippen molar-refractivity contribution in [2.45, 2.75) is 39.5 Å². The average Bonchev–Trinajstić information content (AvgIpc) is 3.87. The molecule has 0 aliphatic carbocycles. The van der Waals surface area contributed by atoms with Crippen LogP contribution in [0.15, 0.2) is 152 Å². The number of nitrogens with zero attached hydrogens (tertiary/aromatic N) is 3. The molecule has 7 aromatic carbocycles. The Hall–Kier alpha value is -5.97. The number of imidazole rings is 1. The molecule has 10 aromatic rings. The summed E-state index contributed by atoms with van der Waals surface area (Å²) in [4.78, 5) is 5.52. The lowest BCUT2D eigenvalue weighted by molar-refractivity contribution is 0.812. The minimum atomic E-state index is 0.294. The zero-order chi connectivity index (χ0) is 35.8. The van der Waals surface area contributed by atoms with Gasteiger partial charge in [0.1, 0.15) is 5.82 Å². The molecule has 3 heterocycles. The van der Waals surface area contributed by atoms with Gasteiger partial charge < -0.3 is 4.57 Å². The summed E-state index contributed by atoms with van der Waals surface area (Å²) in [5.74, 6) is 1.57. The molecule has 0 fully saturated rings. The van der Waals surface area contributed by atoms with Crippen LogP contribution in [0.25, 0.3) is 86.9 Å². The molecule has 0 N–H and O–H groups in total. The summed E-state index contributed by atoms with van der Waals surface area (Å²) in [5.41, 5.74) is 13.3. The number of fused-ring (bicyclic) bond motifs is 7. The highest BCUT2D eigenvalue weighted by Gasteiger charge is 2.26. The molecule has 0 radical (unpaired) electrons. The Bertz CT molecular complexity index is 2930. The summed E-state index contributed by atoms with van der Waals surface area (Å²) in [6.45, 7) is 9.28. The Morgan fingerprint density at radius 1 is 0.509 bits per heavy atom. The third-order valence-electron chi connectivity index (χ3n) is 10.9. The molecule has 0 atom stereocenters. The topological polar surface area (TPSA) is 22.8 Å². The van der Waals surface area contributed by atoms with Crippen LogP contribution in [0.4, 0.5) is 0 Å². The predicted molar refractivity (Wildman–Crippen MR) is 227 cm³/mol. The van der Waals surface area contributed by atoms with E-state index in [9.17, 15) is 0 Å². The van der Waals surface area contributed by atoms with E-state index in [1.807, 2.05) is 11.3 Å². The van der Waals surface area contributed by atoms with Crippen LogP contribution >= 0.6 is 11.3 Å². The SMILES string of the molecule is CC(C)c1cc(-c2ccccc2)cc(C(C)C)c1-n1c(-c2ccc(-n3c4ccccc4c4ccccc43)c3c2sc2ccccc23)nc2ccccc21. The first-order chi connectivity index (χ1) is 26.0. The van der Waals surface area contributed by atoms with E-state index in [0.29, 0.717) is 11.8 Å². The van der Waals surface area contributed by atoms with Gasteiger partial charge in [-0.15, -0.1) is 11.3 Å². The molecular formula is C49H39N3S. The molecule has 3 nitrogen and oxygen atoms in total. The molecule has 4 heteroatoms. The second kappa shape index (κ2) is 12.3. The van der Waals surface area contributed by atoms with Crippen LogP contribution in [-0.2, 0) is 0 Å². The van der Waals surface area contributed by atoms with E-state index in [4.69, 9.17) is 4.98 Å². The second-order valence-corrected chi connectivity index (χ2v) is 15.8. The highest BCUT2D eigenvalue weighted by atomic mass is 32.1. The Kier molecular flexibility index (Phi) is 7.38. The number of rotatable bonds is 6. The molecular weight excluding hydrogens is 663 g/mol. The van der Waals surface area contributed by atoms with Crippen LogP contribution in [0, 0.1) is 0 Å². The Labute approximate surface area is 313 Å². The van der Waals surface area contributed by atoms with E-state index in [1.54, 1.807) is 0 Å². The van der Waals surface area contributed by atoms with E-state index in [0.717, 1.165) is 22.4 Å². The fourth-order valence-electron chi connectivity index (χ4n) is 8.40. The number of hydrogen-bond donors (Lipinski definition) is 0. The lowest BCUT2D eigenvalue weighted by Crippen LogP contribution is -2.09. The smallest absolute Gasteiger partial charge is 0.147 e. The highest BCUT2D eigenvalue weighted by Crippen LogP contribution is 2.47. The Balaban J connectivity index is 1.32. The van der Waals surface area contributed by atoms with E-state index in [2.05, 4.69) is 188 Å². The van der Waals surface area contributed by atoms with E-state index in [1.165, 1.54) is 75.6 Å². The van der Waals surface area contributed by atoms with Gasteiger partial charge in [-0.25, -0.2) is 4.98 Å². The largest absolute Gasteiger partial charge is 0.309 e. The van der Waals surface area contributed by atoms with Crippen molar-refractivity contribution in [1.82, 2.24) is 14.1 Å². The van der Waals surface area contributed by atoms with Crippen LogP contribution < -0.4 is 0 Å². The van der Waals surface area contributed by atoms with Gasteiger partial charge in [0.05, 0.1) is 33.4 Å². The maximum absolute atomic E-state index is 5.52. The molecule has 0 amide bonds. The maximum Gasteiger partial charge on any atom is 0.147 e. The fourth-order valence-corrected chi connectivity index (χ4v) is 9.64. The standard InChI is InChI=1S/C49H39N3S/c1-30(2)38-28-33(32-16-6-5-7-17-32)29-39(31(3)4)47(38)52-43-24-14-11-21-40(43)50-49(52)37-26-27-44(46-36-20-10-15-25-45(36)53-48(37)46)51-41-22-12-8-18-34(41)35-19-9-13-23-42(35)51/h5-31H,1-4H3. The van der Waals surface area contributed by atoms with E-state index < -0.39 is 0 Å². The minimum Gasteiger partial charge on any atom is -0.309 e. The molecule has 10 rings (SSSR count). The zero-order valence-corrected chi connectivity index (χ0v) is 31.2. The van der Waals surface area contributed by atoms with Crippen LogP contribution in [0.1, 0.15) is 50.7 Å². The van der Waals surface area contributed by atoms with Gasteiger partial charge in [0.25, 0.3) is 0 Å². The van der Waals surface area contributed by atoms with Crippen LogP contribution in [-0.4, -0.2) is 14.1 Å².